The summed E-state index contributed by atoms with van der Waals surface area (Å²) in [5.74, 6) is 0.150. The Morgan fingerprint density at radius 1 is 0.872 bits per heavy atom. The Morgan fingerprint density at radius 3 is 2.23 bits per heavy atom. The summed E-state index contributed by atoms with van der Waals surface area (Å²) in [6, 6.07) is 29.0. The number of hydrogen-bond donors (Lipinski definition) is 1. The van der Waals surface area contributed by atoms with Gasteiger partial charge in [0.15, 0.2) is 0 Å². The Morgan fingerprint density at radius 2 is 1.54 bits per heavy atom. The molecule has 0 fully saturated rings. The lowest BCUT2D eigenvalue weighted by atomic mass is 10.1. The zero-order chi connectivity index (χ0) is 27.8. The van der Waals surface area contributed by atoms with Crippen molar-refractivity contribution in [2.75, 3.05) is 10.8 Å². The quantitative estimate of drug-likeness (QED) is 0.211. The van der Waals surface area contributed by atoms with Gasteiger partial charge in [-0.3, -0.25) is 9.10 Å². The maximum absolute atomic E-state index is 13.5. The average molecular weight is 542 g/mol. The number of ether oxygens (including phenoxy) is 1. The summed E-state index contributed by atoms with van der Waals surface area (Å²) in [5.41, 5.74) is 7.54. The molecular formula is C31H31N3O4S. The summed E-state index contributed by atoms with van der Waals surface area (Å²) in [4.78, 5) is 12.9. The van der Waals surface area contributed by atoms with Gasteiger partial charge in [0, 0.05) is 0 Å². The van der Waals surface area contributed by atoms with Gasteiger partial charge in [0.2, 0.25) is 0 Å². The standard InChI is InChI=1S/C31H31N3O4S/c1-23-10-13-27(14-11-23)22-38-28-17-15-26(16-18-28)20-32-33-31(35)21-34(30-19-24(2)9-12-25(30)3)39(36,37)29-7-5-4-6-8-29/h4-20H,21-22H2,1-3H3,(H,33,35)/b32-20-. The van der Waals surface area contributed by atoms with E-state index in [1.54, 1.807) is 24.3 Å². The Bertz CT molecular complexity index is 1550. The molecule has 0 radical (unpaired) electrons. The monoisotopic (exact) mass is 541 g/mol. The van der Waals surface area contributed by atoms with Gasteiger partial charge in [-0.2, -0.15) is 5.10 Å². The van der Waals surface area contributed by atoms with Gasteiger partial charge in [-0.15, -0.1) is 0 Å². The minimum Gasteiger partial charge on any atom is -0.489 e. The van der Waals surface area contributed by atoms with Crippen LogP contribution in [-0.2, 0) is 21.4 Å². The summed E-state index contributed by atoms with van der Waals surface area (Å²) < 4.78 is 34.0. The molecule has 0 unspecified atom stereocenters. The molecule has 1 amide bonds. The van der Waals surface area contributed by atoms with Crippen molar-refractivity contribution < 1.29 is 17.9 Å². The number of anilines is 1. The van der Waals surface area contributed by atoms with Crippen molar-refractivity contribution >= 4 is 27.8 Å². The van der Waals surface area contributed by atoms with Gasteiger partial charge in [0.1, 0.15) is 18.9 Å². The number of benzene rings is 4. The highest BCUT2D eigenvalue weighted by molar-refractivity contribution is 7.92. The molecular weight excluding hydrogens is 510 g/mol. The Labute approximate surface area is 229 Å². The molecule has 0 saturated carbocycles. The van der Waals surface area contributed by atoms with Crippen LogP contribution in [-0.4, -0.2) is 27.1 Å². The first-order valence-corrected chi connectivity index (χ1v) is 13.9. The lowest BCUT2D eigenvalue weighted by molar-refractivity contribution is -0.119. The van der Waals surface area contributed by atoms with Gasteiger partial charge in [0.25, 0.3) is 15.9 Å². The number of amides is 1. The summed E-state index contributed by atoms with van der Waals surface area (Å²) in [6.45, 7) is 5.77. The fraction of sp³-hybridized carbons (Fsp3) is 0.161. The third kappa shape index (κ3) is 7.33. The van der Waals surface area contributed by atoms with E-state index in [9.17, 15) is 13.2 Å². The van der Waals surface area contributed by atoms with Crippen molar-refractivity contribution in [2.24, 2.45) is 5.10 Å². The number of carbonyl (C=O) groups is 1. The normalized spacial score (nSPS) is 11.4. The maximum atomic E-state index is 13.5. The number of hydrogen-bond acceptors (Lipinski definition) is 5. The van der Waals surface area contributed by atoms with Crippen molar-refractivity contribution in [1.29, 1.82) is 0 Å². The second kappa shape index (κ2) is 12.4. The summed E-state index contributed by atoms with van der Waals surface area (Å²) in [6.07, 6.45) is 1.50. The Balaban J connectivity index is 1.42. The molecule has 0 spiro atoms. The molecule has 39 heavy (non-hydrogen) atoms. The van der Waals surface area contributed by atoms with Crippen LogP contribution in [0.25, 0.3) is 0 Å². The molecule has 0 bridgehead atoms. The Kier molecular flexibility index (Phi) is 8.78. The third-order valence-electron chi connectivity index (χ3n) is 6.06. The minimum atomic E-state index is -3.99. The number of hydrazone groups is 1. The van der Waals surface area contributed by atoms with Crippen LogP contribution in [0.3, 0.4) is 0 Å². The number of aryl methyl sites for hydroxylation is 3. The van der Waals surface area contributed by atoms with E-state index in [-0.39, 0.29) is 4.90 Å². The number of nitrogens with one attached hydrogen (secondary N) is 1. The predicted octanol–water partition coefficient (Wildman–Crippen LogP) is 5.54. The van der Waals surface area contributed by atoms with E-state index in [4.69, 9.17) is 4.74 Å². The van der Waals surface area contributed by atoms with Gasteiger partial charge >= 0.3 is 0 Å². The highest BCUT2D eigenvalue weighted by Crippen LogP contribution is 2.27. The summed E-state index contributed by atoms with van der Waals surface area (Å²) >= 11 is 0. The van der Waals surface area contributed by atoms with Gasteiger partial charge in [-0.1, -0.05) is 60.2 Å². The van der Waals surface area contributed by atoms with E-state index in [1.807, 2.05) is 81.4 Å². The molecule has 0 aliphatic carbocycles. The molecule has 0 aliphatic heterocycles. The van der Waals surface area contributed by atoms with Crippen molar-refractivity contribution in [3.05, 3.63) is 125 Å². The molecule has 4 aromatic carbocycles. The number of carbonyl (C=O) groups excluding carboxylic acids is 1. The van der Waals surface area contributed by atoms with Crippen molar-refractivity contribution in [3.8, 4) is 5.75 Å². The van der Waals surface area contributed by atoms with E-state index in [1.165, 1.54) is 23.9 Å². The largest absolute Gasteiger partial charge is 0.489 e. The molecule has 200 valence electrons. The molecule has 0 saturated heterocycles. The van der Waals surface area contributed by atoms with E-state index < -0.39 is 22.5 Å². The third-order valence-corrected chi connectivity index (χ3v) is 7.83. The van der Waals surface area contributed by atoms with Crippen LogP contribution in [0.5, 0.6) is 5.75 Å². The van der Waals surface area contributed by atoms with Crippen molar-refractivity contribution in [2.45, 2.75) is 32.3 Å². The summed E-state index contributed by atoms with van der Waals surface area (Å²) in [7, 11) is -3.99. The SMILES string of the molecule is Cc1ccc(COc2ccc(/C=N\NC(=O)CN(c3cc(C)ccc3C)S(=O)(=O)c3ccccc3)cc2)cc1. The number of nitrogens with zero attached hydrogens (tertiary/aromatic N) is 2. The van der Waals surface area contributed by atoms with Crippen LogP contribution in [0.4, 0.5) is 5.69 Å². The molecule has 4 aromatic rings. The zero-order valence-electron chi connectivity index (χ0n) is 22.2. The van der Waals surface area contributed by atoms with Gasteiger partial charge < -0.3 is 4.74 Å². The molecule has 0 aromatic heterocycles. The van der Waals surface area contributed by atoms with Crippen LogP contribution in [0.2, 0.25) is 0 Å². The molecule has 0 heterocycles. The van der Waals surface area contributed by atoms with Gasteiger partial charge in [0.05, 0.1) is 16.8 Å². The number of rotatable bonds is 10. The van der Waals surface area contributed by atoms with E-state index in [2.05, 4.69) is 10.5 Å². The van der Waals surface area contributed by atoms with E-state index in [0.717, 1.165) is 26.6 Å². The average Bonchev–Trinajstić information content (AvgIpc) is 2.94. The molecule has 7 nitrogen and oxygen atoms in total. The van der Waals surface area contributed by atoms with Crippen LogP contribution >= 0.6 is 0 Å². The lowest BCUT2D eigenvalue weighted by Crippen LogP contribution is -2.40. The summed E-state index contributed by atoms with van der Waals surface area (Å²) in [5, 5.41) is 4.03. The smallest absolute Gasteiger partial charge is 0.264 e. The molecule has 1 N–H and O–H groups in total. The zero-order valence-corrected chi connectivity index (χ0v) is 23.0. The van der Waals surface area contributed by atoms with Crippen LogP contribution < -0.4 is 14.5 Å². The first kappa shape index (κ1) is 27.6. The maximum Gasteiger partial charge on any atom is 0.264 e. The van der Waals surface area contributed by atoms with E-state index >= 15 is 0 Å². The number of sulfonamides is 1. The molecule has 4 rings (SSSR count). The lowest BCUT2D eigenvalue weighted by Gasteiger charge is -2.25. The van der Waals surface area contributed by atoms with Crippen molar-refractivity contribution in [1.82, 2.24) is 5.43 Å². The first-order valence-electron chi connectivity index (χ1n) is 12.5. The van der Waals surface area contributed by atoms with Crippen LogP contribution in [0.1, 0.15) is 27.8 Å². The molecule has 0 aliphatic rings. The predicted molar refractivity (Wildman–Crippen MR) is 155 cm³/mol. The highest BCUT2D eigenvalue weighted by Gasteiger charge is 2.28. The second-order valence-corrected chi connectivity index (χ2v) is 11.1. The van der Waals surface area contributed by atoms with Gasteiger partial charge in [-0.25, -0.2) is 13.8 Å². The highest BCUT2D eigenvalue weighted by atomic mass is 32.2. The van der Waals surface area contributed by atoms with Crippen LogP contribution in [0.15, 0.2) is 107 Å². The first-order chi connectivity index (χ1) is 18.7. The fourth-order valence-corrected chi connectivity index (χ4v) is 5.35. The second-order valence-electron chi connectivity index (χ2n) is 9.25. The minimum absolute atomic E-state index is 0.104. The molecule has 0 atom stereocenters. The van der Waals surface area contributed by atoms with Gasteiger partial charge in [-0.05, 0) is 85.5 Å². The van der Waals surface area contributed by atoms with E-state index in [0.29, 0.717) is 18.0 Å². The van der Waals surface area contributed by atoms with Crippen LogP contribution in [0, 0.1) is 20.8 Å². The molecule has 8 heteroatoms. The fourth-order valence-electron chi connectivity index (χ4n) is 3.85. The Hall–Kier alpha value is -4.43. The van der Waals surface area contributed by atoms with Crippen molar-refractivity contribution in [3.63, 3.8) is 0 Å². The topological polar surface area (TPSA) is 88.1 Å².